The fraction of sp³-hybridized carbons (Fsp3) is 0.0290. The Morgan fingerprint density at radius 2 is 0.747 bits per heavy atom. The minimum absolute atomic E-state index is 0.411. The zero-order valence-corrected chi connectivity index (χ0v) is 40.6. The van der Waals surface area contributed by atoms with E-state index < -0.39 is 11.7 Å². The Kier molecular flexibility index (Phi) is 10.9. The van der Waals surface area contributed by atoms with Gasteiger partial charge in [-0.2, -0.15) is 13.2 Å². The fourth-order valence-electron chi connectivity index (χ4n) is 11.0. The fourth-order valence-corrected chi connectivity index (χ4v) is 11.0. The van der Waals surface area contributed by atoms with Gasteiger partial charge in [-0.25, -0.2) is 4.85 Å². The molecule has 0 atom stereocenters. The van der Waals surface area contributed by atoms with Crippen LogP contribution in [0.1, 0.15) is 11.1 Å². The molecule has 0 fully saturated rings. The molecule has 2 heterocycles. The Bertz CT molecular complexity index is 4200. The van der Waals surface area contributed by atoms with Crippen LogP contribution in [-0.2, 0) is 6.18 Å². The molecule has 13 aromatic rings. The van der Waals surface area contributed by atoms with Crippen molar-refractivity contribution >= 4 is 49.3 Å². The molecule has 0 bridgehead atoms. The first-order valence-electron chi connectivity index (χ1n) is 24.9. The van der Waals surface area contributed by atoms with Gasteiger partial charge in [0.2, 0.25) is 0 Å². The first-order valence-corrected chi connectivity index (χ1v) is 24.9. The standard InChI is InChI=1S/C69H44F3N3/c1-44-35-54(37-55(36-44)69(70,71)72)53-27-34-66(75-67-32-25-51(47-19-11-5-12-20-47)40-61(67)62-41-52(26-33-68(62)75)48-21-13-6-14-22-48)58(42-53)57-43-56(28-29-63(57)73-2)74-64-30-23-49(45-15-7-3-8-16-45)38-59(64)60-39-50(24-31-65(60)74)46-17-9-4-10-18-46/h3-43H,1H3. The van der Waals surface area contributed by atoms with Crippen molar-refractivity contribution in [2.24, 2.45) is 0 Å². The highest BCUT2D eigenvalue weighted by Crippen LogP contribution is 2.46. The lowest BCUT2D eigenvalue weighted by atomic mass is 9.94. The number of hydrogen-bond donors (Lipinski definition) is 0. The summed E-state index contributed by atoms with van der Waals surface area (Å²) in [5.41, 5.74) is 16.9. The second kappa shape index (κ2) is 18.1. The van der Waals surface area contributed by atoms with Crippen LogP contribution in [-0.4, -0.2) is 9.13 Å². The molecular formula is C69H44F3N3. The van der Waals surface area contributed by atoms with Crippen molar-refractivity contribution < 1.29 is 13.2 Å². The number of aromatic nitrogens is 2. The number of nitrogens with zero attached hydrogens (tertiary/aromatic N) is 3. The highest BCUT2D eigenvalue weighted by Gasteiger charge is 2.31. The van der Waals surface area contributed by atoms with E-state index in [0.29, 0.717) is 33.5 Å². The Labute approximate surface area is 432 Å². The summed E-state index contributed by atoms with van der Waals surface area (Å²) in [5, 5.41) is 4.25. The van der Waals surface area contributed by atoms with Crippen molar-refractivity contribution in [2.45, 2.75) is 13.1 Å². The second-order valence-corrected chi connectivity index (χ2v) is 19.2. The van der Waals surface area contributed by atoms with Crippen LogP contribution in [0.5, 0.6) is 0 Å². The van der Waals surface area contributed by atoms with Gasteiger partial charge in [0, 0.05) is 27.2 Å². The molecule has 3 nitrogen and oxygen atoms in total. The molecule has 13 rings (SSSR count). The Balaban J connectivity index is 1.09. The van der Waals surface area contributed by atoms with Gasteiger partial charge >= 0.3 is 6.18 Å². The minimum atomic E-state index is -4.54. The van der Waals surface area contributed by atoms with Crippen LogP contribution in [0.4, 0.5) is 18.9 Å². The van der Waals surface area contributed by atoms with Crippen LogP contribution in [0.3, 0.4) is 0 Å². The molecule has 0 amide bonds. The van der Waals surface area contributed by atoms with E-state index in [-0.39, 0.29) is 0 Å². The number of hydrogen-bond acceptors (Lipinski definition) is 0. The number of aryl methyl sites for hydroxylation is 1. The molecule has 6 heteroatoms. The monoisotopic (exact) mass is 971 g/mol. The molecule has 0 N–H and O–H groups in total. The second-order valence-electron chi connectivity index (χ2n) is 19.2. The van der Waals surface area contributed by atoms with Crippen molar-refractivity contribution in [1.29, 1.82) is 0 Å². The third-order valence-corrected chi connectivity index (χ3v) is 14.6. The van der Waals surface area contributed by atoms with Crippen molar-refractivity contribution in [3.8, 4) is 78.1 Å². The maximum Gasteiger partial charge on any atom is 0.416 e. The van der Waals surface area contributed by atoms with Crippen molar-refractivity contribution in [3.63, 3.8) is 0 Å². The van der Waals surface area contributed by atoms with Crippen molar-refractivity contribution in [3.05, 3.63) is 271 Å². The van der Waals surface area contributed by atoms with Gasteiger partial charge in [0.1, 0.15) is 0 Å². The molecule has 0 radical (unpaired) electrons. The summed E-state index contributed by atoms with van der Waals surface area (Å²) >= 11 is 0. The van der Waals surface area contributed by atoms with E-state index in [0.717, 1.165) is 99.5 Å². The molecule has 0 saturated carbocycles. The minimum Gasteiger partial charge on any atom is -0.309 e. The molecule has 0 spiro atoms. The predicted molar refractivity (Wildman–Crippen MR) is 304 cm³/mol. The lowest BCUT2D eigenvalue weighted by Crippen LogP contribution is -2.05. The molecular weight excluding hydrogens is 928 g/mol. The van der Waals surface area contributed by atoms with Crippen molar-refractivity contribution in [2.75, 3.05) is 0 Å². The van der Waals surface area contributed by atoms with Crippen LogP contribution in [0.15, 0.2) is 249 Å². The van der Waals surface area contributed by atoms with Gasteiger partial charge < -0.3 is 9.13 Å². The molecule has 0 unspecified atom stereocenters. The number of rotatable bonds is 8. The van der Waals surface area contributed by atoms with Crippen LogP contribution >= 0.6 is 0 Å². The van der Waals surface area contributed by atoms with Gasteiger partial charge in [-0.15, -0.1) is 0 Å². The number of halogens is 3. The predicted octanol–water partition coefficient (Wildman–Crippen LogP) is 19.8. The summed E-state index contributed by atoms with van der Waals surface area (Å²) in [5.74, 6) is 0. The Morgan fingerprint density at radius 3 is 1.16 bits per heavy atom. The average Bonchev–Trinajstić information content (AvgIpc) is 4.04. The van der Waals surface area contributed by atoms with E-state index in [1.165, 1.54) is 12.1 Å². The van der Waals surface area contributed by atoms with Crippen LogP contribution in [0, 0.1) is 13.5 Å². The number of alkyl halides is 3. The van der Waals surface area contributed by atoms with Gasteiger partial charge in [-0.05, 0) is 164 Å². The van der Waals surface area contributed by atoms with E-state index in [1.54, 1.807) is 13.0 Å². The van der Waals surface area contributed by atoms with E-state index in [9.17, 15) is 13.2 Å². The molecule has 356 valence electrons. The van der Waals surface area contributed by atoms with E-state index in [2.05, 4.69) is 166 Å². The molecule has 2 aromatic heterocycles. The maximum absolute atomic E-state index is 14.5. The first kappa shape index (κ1) is 45.2. The molecule has 11 aromatic carbocycles. The summed E-state index contributed by atoms with van der Waals surface area (Å²) in [4.78, 5) is 4.17. The number of fused-ring (bicyclic) bond motifs is 6. The van der Waals surface area contributed by atoms with E-state index in [4.69, 9.17) is 6.57 Å². The van der Waals surface area contributed by atoms with Gasteiger partial charge in [0.05, 0.1) is 39.9 Å². The summed E-state index contributed by atoms with van der Waals surface area (Å²) in [6, 6.07) is 83.8. The normalized spacial score (nSPS) is 11.7. The maximum atomic E-state index is 14.5. The zero-order valence-electron chi connectivity index (χ0n) is 40.6. The van der Waals surface area contributed by atoms with Gasteiger partial charge in [-0.3, -0.25) is 0 Å². The van der Waals surface area contributed by atoms with Gasteiger partial charge in [0.25, 0.3) is 0 Å². The van der Waals surface area contributed by atoms with Crippen LogP contribution < -0.4 is 0 Å². The molecule has 0 aliphatic carbocycles. The zero-order chi connectivity index (χ0) is 50.8. The highest BCUT2D eigenvalue weighted by atomic mass is 19.4. The van der Waals surface area contributed by atoms with E-state index in [1.807, 2.05) is 78.9 Å². The molecule has 0 aliphatic heterocycles. The summed E-state index contributed by atoms with van der Waals surface area (Å²) in [6.07, 6.45) is -4.54. The third-order valence-electron chi connectivity index (χ3n) is 14.6. The van der Waals surface area contributed by atoms with Gasteiger partial charge in [0.15, 0.2) is 5.69 Å². The SMILES string of the molecule is [C-]#[N+]c1ccc(-n2c3ccc(-c4ccccc4)cc3c3cc(-c4ccccc4)ccc32)cc1-c1cc(-c2cc(C)cc(C(F)(F)F)c2)ccc1-n1c2ccc(-c3ccccc3)cc2c2cc(-c3ccccc3)ccc21. The summed E-state index contributed by atoms with van der Waals surface area (Å²) < 4.78 is 48.0. The highest BCUT2D eigenvalue weighted by molar-refractivity contribution is 6.14. The number of benzene rings is 11. The summed E-state index contributed by atoms with van der Waals surface area (Å²) in [7, 11) is 0. The van der Waals surface area contributed by atoms with Crippen LogP contribution in [0.25, 0.3) is 127 Å². The molecule has 0 saturated heterocycles. The Morgan fingerprint density at radius 1 is 0.347 bits per heavy atom. The molecule has 75 heavy (non-hydrogen) atoms. The van der Waals surface area contributed by atoms with Gasteiger partial charge in [-0.1, -0.05) is 164 Å². The van der Waals surface area contributed by atoms with E-state index >= 15 is 0 Å². The van der Waals surface area contributed by atoms with Crippen LogP contribution in [0.2, 0.25) is 0 Å². The quantitative estimate of drug-likeness (QED) is 0.135. The topological polar surface area (TPSA) is 14.2 Å². The Hall–Kier alpha value is -9.70. The lowest BCUT2D eigenvalue weighted by Gasteiger charge is -2.19. The molecule has 0 aliphatic rings. The average molecular weight is 972 g/mol. The third kappa shape index (κ3) is 8.03. The lowest BCUT2D eigenvalue weighted by molar-refractivity contribution is -0.137. The smallest absolute Gasteiger partial charge is 0.309 e. The largest absolute Gasteiger partial charge is 0.416 e. The first-order chi connectivity index (χ1) is 36.7. The summed E-state index contributed by atoms with van der Waals surface area (Å²) in [6.45, 7) is 10.4. The van der Waals surface area contributed by atoms with Crippen molar-refractivity contribution in [1.82, 2.24) is 9.13 Å².